The summed E-state index contributed by atoms with van der Waals surface area (Å²) in [5, 5.41) is 1.64. The molecule has 5 nitrogen and oxygen atoms in total. The van der Waals surface area contributed by atoms with Crippen molar-refractivity contribution < 1.29 is 17.9 Å². The Morgan fingerprint density at radius 1 is 1.56 bits per heavy atom. The molecule has 102 valence electrons. The number of rotatable bonds is 5. The van der Waals surface area contributed by atoms with Gasteiger partial charge >= 0.3 is 5.97 Å². The predicted molar refractivity (Wildman–Crippen MR) is 70.5 cm³/mol. The number of esters is 1. The largest absolute Gasteiger partial charge is 0.465 e. The zero-order valence-corrected chi connectivity index (χ0v) is 12.4. The number of sulfonamides is 1. The molecule has 1 rings (SSSR count). The van der Waals surface area contributed by atoms with E-state index in [4.69, 9.17) is 0 Å². The molecule has 1 heterocycles. The smallest absolute Gasteiger partial charge is 0.349 e. The fraction of sp³-hybridized carbons (Fsp3) is 0.545. The van der Waals surface area contributed by atoms with E-state index in [1.54, 1.807) is 19.2 Å². The lowest BCUT2D eigenvalue weighted by atomic mass is 10.3. The van der Waals surface area contributed by atoms with Gasteiger partial charge in [-0.05, 0) is 31.2 Å². The Bertz CT molecular complexity index is 533. The number of carbonyl (C=O) groups is 1. The van der Waals surface area contributed by atoms with E-state index in [2.05, 4.69) is 9.46 Å². The maximum atomic E-state index is 12.2. The molecule has 1 N–H and O–H groups in total. The number of aryl methyl sites for hydroxylation is 1. The van der Waals surface area contributed by atoms with Crippen molar-refractivity contribution in [2.45, 2.75) is 38.1 Å². The van der Waals surface area contributed by atoms with Gasteiger partial charge in [-0.15, -0.1) is 11.3 Å². The Morgan fingerprint density at radius 3 is 2.67 bits per heavy atom. The van der Waals surface area contributed by atoms with E-state index in [0.717, 1.165) is 11.3 Å². The van der Waals surface area contributed by atoms with Crippen molar-refractivity contribution in [3.63, 3.8) is 0 Å². The average Bonchev–Trinajstić information content (AvgIpc) is 2.70. The molecule has 1 unspecified atom stereocenters. The Morgan fingerprint density at radius 2 is 2.17 bits per heavy atom. The van der Waals surface area contributed by atoms with Gasteiger partial charge < -0.3 is 4.74 Å². The van der Waals surface area contributed by atoms with Gasteiger partial charge in [-0.2, -0.15) is 0 Å². The van der Waals surface area contributed by atoms with Crippen LogP contribution in [0.15, 0.2) is 10.3 Å². The van der Waals surface area contributed by atoms with Crippen LogP contribution in [0.2, 0.25) is 0 Å². The molecular weight excluding hydrogens is 274 g/mol. The van der Waals surface area contributed by atoms with Gasteiger partial charge in [0.25, 0.3) is 0 Å². The molecule has 0 amide bonds. The van der Waals surface area contributed by atoms with E-state index in [-0.39, 0.29) is 15.8 Å². The third kappa shape index (κ3) is 3.09. The van der Waals surface area contributed by atoms with Gasteiger partial charge in [0.2, 0.25) is 10.0 Å². The van der Waals surface area contributed by atoms with Gasteiger partial charge in [0, 0.05) is 6.04 Å². The lowest BCUT2D eigenvalue weighted by Gasteiger charge is -2.13. The summed E-state index contributed by atoms with van der Waals surface area (Å²) < 4.78 is 31.6. The summed E-state index contributed by atoms with van der Waals surface area (Å²) in [6.45, 7) is 5.32. The second-order valence-corrected chi connectivity index (χ2v) is 6.53. The van der Waals surface area contributed by atoms with Gasteiger partial charge in [0.15, 0.2) is 0 Å². The number of hydrogen-bond donors (Lipinski definition) is 1. The zero-order chi connectivity index (χ0) is 13.9. The Balaban J connectivity index is 3.24. The third-order valence-electron chi connectivity index (χ3n) is 2.53. The zero-order valence-electron chi connectivity index (χ0n) is 10.8. The maximum Gasteiger partial charge on any atom is 0.349 e. The normalized spacial score (nSPS) is 13.3. The molecule has 0 saturated heterocycles. The third-order valence-corrected chi connectivity index (χ3v) is 5.51. The Hall–Kier alpha value is -0.920. The van der Waals surface area contributed by atoms with Crippen molar-refractivity contribution in [3.8, 4) is 0 Å². The maximum absolute atomic E-state index is 12.2. The Kier molecular flexibility index (Phi) is 4.89. The van der Waals surface area contributed by atoms with Crippen LogP contribution >= 0.6 is 11.3 Å². The second kappa shape index (κ2) is 5.81. The van der Waals surface area contributed by atoms with Crippen LogP contribution < -0.4 is 4.72 Å². The summed E-state index contributed by atoms with van der Waals surface area (Å²) in [6, 6.07) is -0.181. The lowest BCUT2D eigenvalue weighted by Crippen LogP contribution is -2.33. The molecule has 18 heavy (non-hydrogen) atoms. The van der Waals surface area contributed by atoms with Crippen LogP contribution in [-0.2, 0) is 14.8 Å². The molecule has 1 aromatic rings. The van der Waals surface area contributed by atoms with Crippen LogP contribution in [0.4, 0.5) is 0 Å². The number of thiophene rings is 1. The first-order valence-electron chi connectivity index (χ1n) is 5.52. The number of carbonyl (C=O) groups excluding carboxylic acids is 1. The van der Waals surface area contributed by atoms with E-state index in [1.165, 1.54) is 7.11 Å². The number of nitrogens with one attached hydrogen (secondary N) is 1. The summed E-state index contributed by atoms with van der Waals surface area (Å²) in [5.74, 6) is -0.627. The predicted octanol–water partition coefficient (Wildman–Crippen LogP) is 1.92. The van der Waals surface area contributed by atoms with Crippen molar-refractivity contribution in [1.82, 2.24) is 4.72 Å². The summed E-state index contributed by atoms with van der Waals surface area (Å²) in [7, 11) is -2.45. The molecule has 0 saturated carbocycles. The summed E-state index contributed by atoms with van der Waals surface area (Å²) in [4.78, 5) is 11.7. The van der Waals surface area contributed by atoms with Crippen LogP contribution in [0, 0.1) is 6.92 Å². The molecule has 0 aliphatic rings. The van der Waals surface area contributed by atoms with Crippen molar-refractivity contribution in [2.75, 3.05) is 7.11 Å². The molecule has 7 heteroatoms. The van der Waals surface area contributed by atoms with Gasteiger partial charge in [-0.1, -0.05) is 6.92 Å². The van der Waals surface area contributed by atoms with Gasteiger partial charge in [-0.3, -0.25) is 0 Å². The monoisotopic (exact) mass is 291 g/mol. The van der Waals surface area contributed by atoms with Gasteiger partial charge in [0.1, 0.15) is 9.77 Å². The standard InChI is InChI=1S/C11H17NO4S2/c1-5-8(3)12-18(14,15)10-7(2)6-17-9(10)11(13)16-4/h6,8,12H,5H2,1-4H3. The number of methoxy groups -OCH3 is 1. The first kappa shape index (κ1) is 15.1. The minimum absolute atomic E-state index is 0.0275. The SMILES string of the molecule is CCC(C)NS(=O)(=O)c1c(C)csc1C(=O)OC. The molecule has 0 aliphatic heterocycles. The van der Waals surface area contributed by atoms with E-state index in [9.17, 15) is 13.2 Å². The molecule has 1 aromatic heterocycles. The molecule has 0 bridgehead atoms. The van der Waals surface area contributed by atoms with E-state index in [1.807, 2.05) is 6.92 Å². The first-order valence-corrected chi connectivity index (χ1v) is 7.88. The summed E-state index contributed by atoms with van der Waals surface area (Å²) in [6.07, 6.45) is 0.677. The highest BCUT2D eigenvalue weighted by Crippen LogP contribution is 2.27. The van der Waals surface area contributed by atoms with E-state index < -0.39 is 16.0 Å². The molecule has 0 radical (unpaired) electrons. The first-order chi connectivity index (χ1) is 8.33. The molecule has 0 aliphatic carbocycles. The molecule has 1 atom stereocenters. The highest BCUT2D eigenvalue weighted by Gasteiger charge is 2.28. The molecular formula is C11H17NO4S2. The lowest BCUT2D eigenvalue weighted by molar-refractivity contribution is 0.0602. The molecule has 0 fully saturated rings. The fourth-order valence-corrected chi connectivity index (χ4v) is 4.44. The molecule has 0 spiro atoms. The van der Waals surface area contributed by atoms with Crippen LogP contribution in [0.5, 0.6) is 0 Å². The van der Waals surface area contributed by atoms with Crippen molar-refractivity contribution in [2.24, 2.45) is 0 Å². The minimum atomic E-state index is -3.69. The van der Waals surface area contributed by atoms with Crippen molar-refractivity contribution >= 4 is 27.3 Å². The van der Waals surface area contributed by atoms with E-state index >= 15 is 0 Å². The topological polar surface area (TPSA) is 72.5 Å². The summed E-state index contributed by atoms with van der Waals surface area (Å²) in [5.41, 5.74) is 0.552. The van der Waals surface area contributed by atoms with Crippen LogP contribution in [0.3, 0.4) is 0 Å². The highest BCUT2D eigenvalue weighted by molar-refractivity contribution is 7.89. The van der Waals surface area contributed by atoms with E-state index in [0.29, 0.717) is 12.0 Å². The molecule has 0 aromatic carbocycles. The minimum Gasteiger partial charge on any atom is -0.465 e. The van der Waals surface area contributed by atoms with Crippen LogP contribution in [-0.4, -0.2) is 27.5 Å². The van der Waals surface area contributed by atoms with Crippen molar-refractivity contribution in [1.29, 1.82) is 0 Å². The summed E-state index contributed by atoms with van der Waals surface area (Å²) >= 11 is 1.08. The number of hydrogen-bond acceptors (Lipinski definition) is 5. The van der Waals surface area contributed by atoms with Crippen LogP contribution in [0.1, 0.15) is 35.5 Å². The quantitative estimate of drug-likeness (QED) is 0.841. The van der Waals surface area contributed by atoms with Crippen LogP contribution in [0.25, 0.3) is 0 Å². The van der Waals surface area contributed by atoms with Gasteiger partial charge in [-0.25, -0.2) is 17.9 Å². The second-order valence-electron chi connectivity index (χ2n) is 4.00. The average molecular weight is 291 g/mol. The fourth-order valence-electron chi connectivity index (χ4n) is 1.41. The van der Waals surface area contributed by atoms with Crippen molar-refractivity contribution in [3.05, 3.63) is 15.8 Å². The van der Waals surface area contributed by atoms with Gasteiger partial charge in [0.05, 0.1) is 7.11 Å². The highest BCUT2D eigenvalue weighted by atomic mass is 32.2. The Labute approximate surface area is 111 Å². The number of ether oxygens (including phenoxy) is 1.